The van der Waals surface area contributed by atoms with Crippen LogP contribution in [0.5, 0.6) is 0 Å². The highest BCUT2D eigenvalue weighted by atomic mass is 16.7. The van der Waals surface area contributed by atoms with Crippen LogP contribution in [0.4, 0.5) is 0 Å². The van der Waals surface area contributed by atoms with Crippen LogP contribution in [0.3, 0.4) is 0 Å². The van der Waals surface area contributed by atoms with Gasteiger partial charge in [0.05, 0.1) is 6.61 Å². The minimum absolute atomic E-state index is 0.421. The molecule has 0 radical (unpaired) electrons. The molecule has 1 unspecified atom stereocenters. The molecule has 0 aromatic heterocycles. The van der Waals surface area contributed by atoms with Gasteiger partial charge in [0.25, 0.3) is 0 Å². The average molecular weight is 431 g/mol. The highest BCUT2D eigenvalue weighted by Gasteiger charge is 2.43. The highest BCUT2D eigenvalue weighted by molar-refractivity contribution is 4.88. The van der Waals surface area contributed by atoms with E-state index in [1.807, 2.05) is 0 Å². The molecule has 6 nitrogen and oxygen atoms in total. The molecule has 0 aromatic carbocycles. The van der Waals surface area contributed by atoms with Gasteiger partial charge in [-0.25, -0.2) is 0 Å². The fourth-order valence-electron chi connectivity index (χ4n) is 3.75. The Labute approximate surface area is 183 Å². The van der Waals surface area contributed by atoms with Crippen LogP contribution >= 0.6 is 0 Å². The first-order valence-corrected chi connectivity index (χ1v) is 12.2. The second-order valence-corrected chi connectivity index (χ2v) is 8.51. The zero-order chi connectivity index (χ0) is 22.0. The zero-order valence-corrected chi connectivity index (χ0v) is 19.0. The summed E-state index contributed by atoms with van der Waals surface area (Å²) in [7, 11) is 0. The molecule has 1 saturated heterocycles. The molecule has 178 valence electrons. The highest BCUT2D eigenvalue weighted by Crippen LogP contribution is 2.22. The Morgan fingerprint density at radius 2 is 1.23 bits per heavy atom. The fraction of sp³-hybridized carbons (Fsp3) is 0.917. The van der Waals surface area contributed by atoms with Gasteiger partial charge in [-0.3, -0.25) is 0 Å². The second-order valence-electron chi connectivity index (χ2n) is 8.51. The van der Waals surface area contributed by atoms with E-state index < -0.39 is 37.3 Å². The largest absolute Gasteiger partial charge is 0.394 e. The molecule has 0 bridgehead atoms. The first-order valence-electron chi connectivity index (χ1n) is 12.2. The Hall–Kier alpha value is -0.500. The van der Waals surface area contributed by atoms with Crippen LogP contribution in [0.1, 0.15) is 96.8 Å². The molecular formula is C24H46O6. The predicted octanol–water partition coefficient (Wildman–Crippen LogP) is 3.84. The van der Waals surface area contributed by atoms with Crippen LogP contribution in [0.15, 0.2) is 12.2 Å². The molecule has 0 saturated carbocycles. The van der Waals surface area contributed by atoms with Gasteiger partial charge in [0.15, 0.2) is 6.29 Å². The number of aliphatic hydroxyl groups is 4. The molecule has 0 aliphatic carbocycles. The number of hydrogen-bond donors (Lipinski definition) is 4. The molecule has 1 aliphatic rings. The monoisotopic (exact) mass is 430 g/mol. The van der Waals surface area contributed by atoms with Gasteiger partial charge < -0.3 is 29.9 Å². The number of aliphatic hydroxyl groups excluding tert-OH is 4. The Morgan fingerprint density at radius 3 is 1.80 bits per heavy atom. The minimum Gasteiger partial charge on any atom is -0.394 e. The van der Waals surface area contributed by atoms with Crippen LogP contribution in [-0.4, -0.2) is 64.3 Å². The number of hydrogen-bond acceptors (Lipinski definition) is 6. The van der Waals surface area contributed by atoms with Crippen LogP contribution < -0.4 is 0 Å². The maximum atomic E-state index is 9.91. The number of rotatable bonds is 18. The van der Waals surface area contributed by atoms with Gasteiger partial charge in [-0.15, -0.1) is 0 Å². The maximum absolute atomic E-state index is 9.91. The number of ether oxygens (including phenoxy) is 2. The molecule has 6 heteroatoms. The van der Waals surface area contributed by atoms with E-state index in [2.05, 4.69) is 19.1 Å². The standard InChI is InChI=1S/C24H46O6/c1-2-3-4-5-6-7-8-9-10-11-12-13-14-15-16-17-18-29-24-23(28)22(27)21(26)20(19-25)30-24/h9-10,20-28H,2-8,11-19H2,1H3/b10-9-/t20-,21+,22+,23-,24?/m1/s1. The third-order valence-corrected chi connectivity index (χ3v) is 5.79. The van der Waals surface area contributed by atoms with Crippen LogP contribution in [0, 0.1) is 0 Å². The lowest BCUT2D eigenvalue weighted by molar-refractivity contribution is -0.301. The quantitative estimate of drug-likeness (QED) is 0.195. The zero-order valence-electron chi connectivity index (χ0n) is 19.0. The Morgan fingerprint density at radius 1 is 0.700 bits per heavy atom. The average Bonchev–Trinajstić information content (AvgIpc) is 2.75. The molecule has 0 aromatic rings. The Kier molecular flexibility index (Phi) is 16.6. The van der Waals surface area contributed by atoms with Crippen LogP contribution in [0.2, 0.25) is 0 Å². The minimum atomic E-state index is -1.37. The van der Waals surface area contributed by atoms with Crippen molar-refractivity contribution < 1.29 is 29.9 Å². The van der Waals surface area contributed by atoms with Gasteiger partial charge in [-0.1, -0.05) is 76.9 Å². The predicted molar refractivity (Wildman–Crippen MR) is 119 cm³/mol. The van der Waals surface area contributed by atoms with E-state index in [1.165, 1.54) is 70.6 Å². The van der Waals surface area contributed by atoms with E-state index in [-0.39, 0.29) is 0 Å². The molecule has 30 heavy (non-hydrogen) atoms. The van der Waals surface area contributed by atoms with E-state index in [0.717, 1.165) is 19.3 Å². The number of unbranched alkanes of at least 4 members (excludes halogenated alkanes) is 12. The molecule has 5 atom stereocenters. The van der Waals surface area contributed by atoms with E-state index in [1.54, 1.807) is 0 Å². The molecule has 1 aliphatic heterocycles. The van der Waals surface area contributed by atoms with E-state index in [9.17, 15) is 15.3 Å². The van der Waals surface area contributed by atoms with Gasteiger partial charge in [0, 0.05) is 6.61 Å². The topological polar surface area (TPSA) is 99.4 Å². The van der Waals surface area contributed by atoms with Crippen molar-refractivity contribution >= 4 is 0 Å². The summed E-state index contributed by atoms with van der Waals surface area (Å²) in [6.45, 7) is 2.24. The molecule has 1 fully saturated rings. The molecule has 1 heterocycles. The van der Waals surface area contributed by atoms with Crippen molar-refractivity contribution in [3.05, 3.63) is 12.2 Å². The summed E-state index contributed by atoms with van der Waals surface area (Å²) in [5.74, 6) is 0. The first-order chi connectivity index (χ1) is 14.6. The summed E-state index contributed by atoms with van der Waals surface area (Å²) in [6.07, 6.45) is 16.0. The summed E-state index contributed by atoms with van der Waals surface area (Å²) in [5.41, 5.74) is 0. The van der Waals surface area contributed by atoms with Crippen molar-refractivity contribution in [2.24, 2.45) is 0 Å². The molecule has 0 amide bonds. The van der Waals surface area contributed by atoms with Crippen LogP contribution in [-0.2, 0) is 9.47 Å². The van der Waals surface area contributed by atoms with E-state index >= 15 is 0 Å². The van der Waals surface area contributed by atoms with Crippen molar-refractivity contribution in [2.75, 3.05) is 13.2 Å². The third kappa shape index (κ3) is 11.8. The summed E-state index contributed by atoms with van der Waals surface area (Å²) >= 11 is 0. The SMILES string of the molecule is CCCCCCCC/C=C\CCCCCCCCOC1O[C@H](CO)[C@H](O)[C@H](O)[C@H]1O. The fourth-order valence-corrected chi connectivity index (χ4v) is 3.75. The third-order valence-electron chi connectivity index (χ3n) is 5.79. The van der Waals surface area contributed by atoms with Crippen molar-refractivity contribution in [1.29, 1.82) is 0 Å². The lowest BCUT2D eigenvalue weighted by Gasteiger charge is -2.39. The molecule has 1 rings (SSSR count). The Bertz CT molecular complexity index is 415. The van der Waals surface area contributed by atoms with E-state index in [0.29, 0.717) is 6.61 Å². The van der Waals surface area contributed by atoms with Crippen LogP contribution in [0.25, 0.3) is 0 Å². The first kappa shape index (κ1) is 27.5. The summed E-state index contributed by atoms with van der Waals surface area (Å²) in [6, 6.07) is 0. The molecule has 4 N–H and O–H groups in total. The molecular weight excluding hydrogens is 384 g/mol. The van der Waals surface area contributed by atoms with Crippen molar-refractivity contribution in [1.82, 2.24) is 0 Å². The van der Waals surface area contributed by atoms with Gasteiger partial charge in [0.1, 0.15) is 24.4 Å². The van der Waals surface area contributed by atoms with Gasteiger partial charge in [-0.2, -0.15) is 0 Å². The van der Waals surface area contributed by atoms with Gasteiger partial charge in [-0.05, 0) is 32.1 Å². The lowest BCUT2D eigenvalue weighted by atomic mass is 9.99. The van der Waals surface area contributed by atoms with Gasteiger partial charge >= 0.3 is 0 Å². The van der Waals surface area contributed by atoms with Crippen molar-refractivity contribution in [3.63, 3.8) is 0 Å². The number of allylic oxidation sites excluding steroid dienone is 2. The van der Waals surface area contributed by atoms with Gasteiger partial charge in [0.2, 0.25) is 0 Å². The molecule has 0 spiro atoms. The summed E-state index contributed by atoms with van der Waals surface area (Å²) < 4.78 is 10.8. The normalized spacial score (nSPS) is 27.2. The lowest BCUT2D eigenvalue weighted by Crippen LogP contribution is -2.59. The van der Waals surface area contributed by atoms with Crippen molar-refractivity contribution in [2.45, 2.75) is 128 Å². The van der Waals surface area contributed by atoms with Crippen molar-refractivity contribution in [3.8, 4) is 0 Å². The maximum Gasteiger partial charge on any atom is 0.186 e. The summed E-state index contributed by atoms with van der Waals surface area (Å²) in [5, 5.41) is 38.6. The Balaban J connectivity index is 1.90. The smallest absolute Gasteiger partial charge is 0.186 e. The summed E-state index contributed by atoms with van der Waals surface area (Å²) in [4.78, 5) is 0. The van der Waals surface area contributed by atoms with E-state index in [4.69, 9.17) is 14.6 Å². The second kappa shape index (κ2) is 18.1.